The molecule has 4 heteroatoms. The lowest BCUT2D eigenvalue weighted by atomic mass is 10.1. The molecule has 0 saturated heterocycles. The van der Waals surface area contributed by atoms with Crippen LogP contribution in [-0.4, -0.2) is 28.9 Å². The molecule has 0 unspecified atom stereocenters. The van der Waals surface area contributed by atoms with Crippen LogP contribution in [0.5, 0.6) is 0 Å². The maximum Gasteiger partial charge on any atom is 0.126 e. The highest BCUT2D eigenvalue weighted by molar-refractivity contribution is 5.40. The minimum absolute atomic E-state index is 0.146. The number of anilines is 1. The van der Waals surface area contributed by atoms with Crippen LogP contribution in [0, 0.1) is 0 Å². The molecule has 3 rings (SSSR count). The van der Waals surface area contributed by atoms with Crippen molar-refractivity contribution in [2.24, 2.45) is 5.73 Å². The Morgan fingerprint density at radius 3 is 2.88 bits per heavy atom. The number of fused-ring (bicyclic) bond motifs is 1. The van der Waals surface area contributed by atoms with E-state index in [0.717, 1.165) is 25.9 Å². The van der Waals surface area contributed by atoms with Crippen molar-refractivity contribution < 1.29 is 0 Å². The number of hydrogen-bond donors (Lipinski definition) is 1. The van der Waals surface area contributed by atoms with Gasteiger partial charge in [0.1, 0.15) is 5.82 Å². The molecule has 2 aliphatic rings. The minimum Gasteiger partial charge on any atom is -0.360 e. The second kappa shape index (κ2) is 4.02. The van der Waals surface area contributed by atoms with Gasteiger partial charge in [-0.25, -0.2) is 4.68 Å². The van der Waals surface area contributed by atoms with Gasteiger partial charge in [-0.15, -0.1) is 0 Å². The Balaban J connectivity index is 1.71. The molecule has 0 spiro atoms. The van der Waals surface area contributed by atoms with E-state index in [2.05, 4.69) is 22.7 Å². The summed E-state index contributed by atoms with van der Waals surface area (Å²) in [6.07, 6.45) is 7.01. The Labute approximate surface area is 103 Å². The van der Waals surface area contributed by atoms with E-state index >= 15 is 0 Å². The van der Waals surface area contributed by atoms with Gasteiger partial charge in [0, 0.05) is 31.7 Å². The van der Waals surface area contributed by atoms with Gasteiger partial charge in [-0.2, -0.15) is 5.10 Å². The third-order valence-electron chi connectivity index (χ3n) is 4.09. The zero-order valence-electron chi connectivity index (χ0n) is 10.7. The molecule has 2 heterocycles. The average Bonchev–Trinajstić information content (AvgIpc) is 2.94. The molecule has 2 N–H and O–H groups in total. The SMILES string of the molecule is CN1CCCCn2nc(CCC3(N)CC3)cc21. The largest absolute Gasteiger partial charge is 0.360 e. The first-order valence-electron chi connectivity index (χ1n) is 6.73. The van der Waals surface area contributed by atoms with Crippen LogP contribution in [0.15, 0.2) is 6.07 Å². The molecule has 1 aliphatic heterocycles. The zero-order valence-corrected chi connectivity index (χ0v) is 10.7. The summed E-state index contributed by atoms with van der Waals surface area (Å²) < 4.78 is 2.17. The lowest BCUT2D eigenvalue weighted by Crippen LogP contribution is -2.22. The number of rotatable bonds is 3. The second-order valence-electron chi connectivity index (χ2n) is 5.71. The van der Waals surface area contributed by atoms with Gasteiger partial charge in [0.25, 0.3) is 0 Å². The second-order valence-corrected chi connectivity index (χ2v) is 5.71. The number of aryl methyl sites for hydroxylation is 2. The van der Waals surface area contributed by atoms with Gasteiger partial charge in [0.15, 0.2) is 0 Å². The zero-order chi connectivity index (χ0) is 11.9. The highest BCUT2D eigenvalue weighted by Gasteiger charge is 2.37. The average molecular weight is 234 g/mol. The van der Waals surface area contributed by atoms with E-state index in [-0.39, 0.29) is 5.54 Å². The molecule has 0 amide bonds. The van der Waals surface area contributed by atoms with Gasteiger partial charge < -0.3 is 10.6 Å². The van der Waals surface area contributed by atoms with Crippen molar-refractivity contribution in [3.05, 3.63) is 11.8 Å². The van der Waals surface area contributed by atoms with Crippen molar-refractivity contribution >= 4 is 5.82 Å². The molecule has 94 valence electrons. The van der Waals surface area contributed by atoms with E-state index in [1.54, 1.807) is 0 Å². The standard InChI is InChI=1S/C13H22N4/c1-16-8-2-3-9-17-12(16)10-11(15-17)4-5-13(14)6-7-13/h10H,2-9,14H2,1H3. The third kappa shape index (κ3) is 2.32. The van der Waals surface area contributed by atoms with E-state index in [9.17, 15) is 0 Å². The fourth-order valence-corrected chi connectivity index (χ4v) is 2.57. The lowest BCUT2D eigenvalue weighted by molar-refractivity contribution is 0.566. The van der Waals surface area contributed by atoms with Gasteiger partial charge in [0.2, 0.25) is 0 Å². The summed E-state index contributed by atoms with van der Waals surface area (Å²) in [5, 5.41) is 4.71. The van der Waals surface area contributed by atoms with Crippen molar-refractivity contribution in [1.29, 1.82) is 0 Å². The van der Waals surface area contributed by atoms with E-state index < -0.39 is 0 Å². The number of nitrogens with two attached hydrogens (primary N) is 1. The number of aromatic nitrogens is 2. The molecule has 17 heavy (non-hydrogen) atoms. The van der Waals surface area contributed by atoms with E-state index in [1.165, 1.54) is 37.2 Å². The summed E-state index contributed by atoms with van der Waals surface area (Å²) >= 11 is 0. The van der Waals surface area contributed by atoms with Crippen LogP contribution in [0.3, 0.4) is 0 Å². The van der Waals surface area contributed by atoms with Crippen molar-refractivity contribution in [1.82, 2.24) is 9.78 Å². The number of nitrogens with zero attached hydrogens (tertiary/aromatic N) is 3. The fraction of sp³-hybridized carbons (Fsp3) is 0.769. The molecule has 4 nitrogen and oxygen atoms in total. The van der Waals surface area contributed by atoms with Gasteiger partial charge in [-0.3, -0.25) is 0 Å². The summed E-state index contributed by atoms with van der Waals surface area (Å²) in [6.45, 7) is 2.21. The van der Waals surface area contributed by atoms with Crippen LogP contribution in [0.4, 0.5) is 5.82 Å². The topological polar surface area (TPSA) is 47.1 Å². The van der Waals surface area contributed by atoms with Crippen LogP contribution in [0.25, 0.3) is 0 Å². The van der Waals surface area contributed by atoms with Crippen LogP contribution in [-0.2, 0) is 13.0 Å². The predicted molar refractivity (Wildman–Crippen MR) is 69.2 cm³/mol. The Morgan fingerprint density at radius 2 is 2.12 bits per heavy atom. The van der Waals surface area contributed by atoms with E-state index in [0.29, 0.717) is 0 Å². The minimum atomic E-state index is 0.146. The molecule has 1 aromatic heterocycles. The first-order valence-corrected chi connectivity index (χ1v) is 6.73. The summed E-state index contributed by atoms with van der Waals surface area (Å²) in [6, 6.07) is 2.25. The monoisotopic (exact) mass is 234 g/mol. The summed E-state index contributed by atoms with van der Waals surface area (Å²) in [5.41, 5.74) is 7.48. The lowest BCUT2D eigenvalue weighted by Gasteiger charge is -2.15. The van der Waals surface area contributed by atoms with Gasteiger partial charge in [-0.05, 0) is 38.5 Å². The predicted octanol–water partition coefficient (Wildman–Crippen LogP) is 1.54. The Bertz CT molecular complexity index is 406. The van der Waals surface area contributed by atoms with Crippen LogP contribution >= 0.6 is 0 Å². The molecular formula is C13H22N4. The summed E-state index contributed by atoms with van der Waals surface area (Å²) in [4.78, 5) is 2.32. The fourth-order valence-electron chi connectivity index (χ4n) is 2.57. The maximum absolute atomic E-state index is 6.12. The molecule has 1 fully saturated rings. The van der Waals surface area contributed by atoms with Crippen molar-refractivity contribution in [3.8, 4) is 0 Å². The quantitative estimate of drug-likeness (QED) is 0.863. The Hall–Kier alpha value is -1.03. The molecule has 0 aromatic carbocycles. The van der Waals surface area contributed by atoms with Gasteiger partial charge in [0.05, 0.1) is 5.69 Å². The molecular weight excluding hydrogens is 212 g/mol. The first-order chi connectivity index (χ1) is 8.16. The normalized spacial score (nSPS) is 22.1. The molecule has 1 saturated carbocycles. The summed E-state index contributed by atoms with van der Waals surface area (Å²) in [7, 11) is 2.16. The van der Waals surface area contributed by atoms with Crippen LogP contribution in [0.2, 0.25) is 0 Å². The van der Waals surface area contributed by atoms with Crippen LogP contribution in [0.1, 0.15) is 37.8 Å². The summed E-state index contributed by atoms with van der Waals surface area (Å²) in [5.74, 6) is 1.28. The molecule has 1 aromatic rings. The van der Waals surface area contributed by atoms with Crippen molar-refractivity contribution in [2.75, 3.05) is 18.5 Å². The van der Waals surface area contributed by atoms with Crippen molar-refractivity contribution in [2.45, 2.75) is 50.6 Å². The smallest absolute Gasteiger partial charge is 0.126 e. The highest BCUT2D eigenvalue weighted by atomic mass is 15.4. The van der Waals surface area contributed by atoms with E-state index in [1.807, 2.05) is 0 Å². The molecule has 0 atom stereocenters. The van der Waals surface area contributed by atoms with Crippen molar-refractivity contribution in [3.63, 3.8) is 0 Å². The van der Waals surface area contributed by atoms with E-state index in [4.69, 9.17) is 10.8 Å². The molecule has 0 radical (unpaired) electrons. The van der Waals surface area contributed by atoms with Crippen LogP contribution < -0.4 is 10.6 Å². The molecule has 1 aliphatic carbocycles. The number of hydrogen-bond acceptors (Lipinski definition) is 3. The first kappa shape index (κ1) is 11.1. The van der Waals surface area contributed by atoms with Gasteiger partial charge in [-0.1, -0.05) is 0 Å². The third-order valence-corrected chi connectivity index (χ3v) is 4.09. The Kier molecular flexibility index (Phi) is 2.62. The Morgan fingerprint density at radius 1 is 1.35 bits per heavy atom. The maximum atomic E-state index is 6.12. The molecule has 0 bridgehead atoms. The van der Waals surface area contributed by atoms with Gasteiger partial charge >= 0.3 is 0 Å². The highest BCUT2D eigenvalue weighted by Crippen LogP contribution is 2.36.